The molecule has 0 saturated heterocycles. The normalized spacial score (nSPS) is 12.7. The molecule has 3 aromatic rings. The minimum Gasteiger partial charge on any atom is -0.495 e. The van der Waals surface area contributed by atoms with Crippen LogP contribution in [0.2, 0.25) is 5.02 Å². The third kappa shape index (κ3) is 7.83. The zero-order valence-corrected chi connectivity index (χ0v) is 26.6. The largest absolute Gasteiger partial charge is 0.495 e. The van der Waals surface area contributed by atoms with Crippen molar-refractivity contribution < 1.29 is 22.7 Å². The van der Waals surface area contributed by atoms with Crippen molar-refractivity contribution in [2.45, 2.75) is 71.0 Å². The highest BCUT2D eigenvalue weighted by molar-refractivity contribution is 7.92. The number of ether oxygens (including phenoxy) is 1. The summed E-state index contributed by atoms with van der Waals surface area (Å²) in [7, 11) is -2.74. The molecule has 3 rings (SSSR count). The van der Waals surface area contributed by atoms with E-state index in [1.807, 2.05) is 58.9 Å². The van der Waals surface area contributed by atoms with Crippen LogP contribution in [0.5, 0.6) is 5.75 Å². The number of nitrogens with one attached hydrogen (secondary N) is 1. The summed E-state index contributed by atoms with van der Waals surface area (Å²) in [4.78, 5) is 29.1. The van der Waals surface area contributed by atoms with Gasteiger partial charge in [0, 0.05) is 12.6 Å². The van der Waals surface area contributed by atoms with Crippen molar-refractivity contribution >= 4 is 39.1 Å². The maximum absolute atomic E-state index is 14.2. The zero-order chi connectivity index (χ0) is 31.0. The summed E-state index contributed by atoms with van der Waals surface area (Å²) in [6.07, 6.45) is 1.08. The number of hydrogen-bond acceptors (Lipinski definition) is 5. The van der Waals surface area contributed by atoms with E-state index in [-0.39, 0.29) is 34.1 Å². The smallest absolute Gasteiger partial charge is 0.264 e. The third-order valence-corrected chi connectivity index (χ3v) is 9.38. The summed E-state index contributed by atoms with van der Waals surface area (Å²) in [6.45, 7) is 9.10. The number of hydrogen-bond donors (Lipinski definition) is 1. The number of benzene rings is 3. The third-order valence-electron chi connectivity index (χ3n) is 7.30. The van der Waals surface area contributed by atoms with Crippen LogP contribution >= 0.6 is 11.6 Å². The minimum absolute atomic E-state index is 0.0276. The first-order chi connectivity index (χ1) is 19.9. The second kappa shape index (κ2) is 14.6. The molecule has 42 heavy (non-hydrogen) atoms. The average molecular weight is 614 g/mol. The molecular weight excluding hydrogens is 574 g/mol. The van der Waals surface area contributed by atoms with Gasteiger partial charge in [0.05, 0.1) is 22.7 Å². The lowest BCUT2D eigenvalue weighted by molar-refractivity contribution is -0.140. The van der Waals surface area contributed by atoms with E-state index in [1.165, 1.54) is 30.2 Å². The second-order valence-electron chi connectivity index (χ2n) is 10.3. The van der Waals surface area contributed by atoms with E-state index < -0.39 is 28.5 Å². The predicted molar refractivity (Wildman–Crippen MR) is 167 cm³/mol. The molecule has 0 heterocycles. The summed E-state index contributed by atoms with van der Waals surface area (Å²) >= 11 is 6.40. The first-order valence-electron chi connectivity index (χ1n) is 14.0. The van der Waals surface area contributed by atoms with Gasteiger partial charge in [0.1, 0.15) is 18.3 Å². The highest BCUT2D eigenvalue weighted by atomic mass is 35.5. The molecule has 10 heteroatoms. The lowest BCUT2D eigenvalue weighted by Gasteiger charge is -2.34. The molecule has 2 atom stereocenters. The molecule has 2 unspecified atom stereocenters. The van der Waals surface area contributed by atoms with E-state index in [4.69, 9.17) is 16.3 Å². The molecule has 0 fully saturated rings. The molecule has 0 aromatic heterocycles. The maximum atomic E-state index is 14.2. The SMILES string of the molecule is CCC(C)NC(=O)C(CC)N(Cc1ccccc1C)C(=O)CN(c1ccc(OC)c(Cl)c1)S(=O)(=O)c1ccc(C)cc1. The number of nitrogens with zero attached hydrogens (tertiary/aromatic N) is 2. The molecule has 0 aliphatic heterocycles. The molecule has 8 nitrogen and oxygen atoms in total. The van der Waals surface area contributed by atoms with Gasteiger partial charge in [-0.25, -0.2) is 8.42 Å². The lowest BCUT2D eigenvalue weighted by atomic mass is 10.1. The topological polar surface area (TPSA) is 96.0 Å². The van der Waals surface area contributed by atoms with Crippen LogP contribution in [0.1, 0.15) is 50.3 Å². The van der Waals surface area contributed by atoms with Gasteiger partial charge in [-0.3, -0.25) is 13.9 Å². The number of anilines is 1. The molecule has 226 valence electrons. The highest BCUT2D eigenvalue weighted by Crippen LogP contribution is 2.32. The zero-order valence-electron chi connectivity index (χ0n) is 25.1. The summed E-state index contributed by atoms with van der Waals surface area (Å²) in [5.74, 6) is -0.436. The van der Waals surface area contributed by atoms with Gasteiger partial charge in [-0.2, -0.15) is 0 Å². The predicted octanol–water partition coefficient (Wildman–Crippen LogP) is 5.88. The monoisotopic (exact) mass is 613 g/mol. The Kier molecular flexibility index (Phi) is 11.4. The number of methoxy groups -OCH3 is 1. The Bertz CT molecular complexity index is 1490. The summed E-state index contributed by atoms with van der Waals surface area (Å²) in [6, 6.07) is 17.7. The Morgan fingerprint density at radius 2 is 1.64 bits per heavy atom. The van der Waals surface area contributed by atoms with E-state index >= 15 is 0 Å². The van der Waals surface area contributed by atoms with E-state index in [9.17, 15) is 18.0 Å². The molecule has 1 N–H and O–H groups in total. The van der Waals surface area contributed by atoms with Crippen molar-refractivity contribution in [3.05, 3.63) is 88.4 Å². The second-order valence-corrected chi connectivity index (χ2v) is 12.6. The fraction of sp³-hybridized carbons (Fsp3) is 0.375. The number of amides is 2. The van der Waals surface area contributed by atoms with E-state index in [2.05, 4.69) is 5.32 Å². The summed E-state index contributed by atoms with van der Waals surface area (Å²) in [5.41, 5.74) is 2.91. The van der Waals surface area contributed by atoms with Crippen LogP contribution in [0, 0.1) is 13.8 Å². The van der Waals surface area contributed by atoms with Gasteiger partial charge < -0.3 is 15.0 Å². The first-order valence-corrected chi connectivity index (χ1v) is 15.8. The van der Waals surface area contributed by atoms with Crippen LogP contribution in [-0.4, -0.2) is 50.9 Å². The molecule has 0 radical (unpaired) electrons. The number of aryl methyl sites for hydroxylation is 2. The maximum Gasteiger partial charge on any atom is 0.264 e. The highest BCUT2D eigenvalue weighted by Gasteiger charge is 2.34. The van der Waals surface area contributed by atoms with Gasteiger partial charge >= 0.3 is 0 Å². The van der Waals surface area contributed by atoms with Gasteiger partial charge in [0.2, 0.25) is 11.8 Å². The van der Waals surface area contributed by atoms with Crippen molar-refractivity contribution in [1.82, 2.24) is 10.2 Å². The Labute approximate surface area is 254 Å². The number of halogens is 1. The van der Waals surface area contributed by atoms with Crippen molar-refractivity contribution in [3.8, 4) is 5.75 Å². The quantitative estimate of drug-likeness (QED) is 0.260. The fourth-order valence-corrected chi connectivity index (χ4v) is 6.17. The van der Waals surface area contributed by atoms with Crippen LogP contribution in [-0.2, 0) is 26.2 Å². The van der Waals surface area contributed by atoms with Crippen molar-refractivity contribution in [2.75, 3.05) is 18.0 Å². The lowest BCUT2D eigenvalue weighted by Crippen LogP contribution is -2.53. The van der Waals surface area contributed by atoms with Gasteiger partial charge in [-0.1, -0.05) is 67.4 Å². The molecular formula is C32H40ClN3O5S. The number of carbonyl (C=O) groups is 2. The molecule has 0 saturated carbocycles. The number of rotatable bonds is 13. The molecule has 2 amide bonds. The summed E-state index contributed by atoms with van der Waals surface area (Å²) < 4.78 is 34.4. The van der Waals surface area contributed by atoms with Crippen molar-refractivity contribution in [3.63, 3.8) is 0 Å². The molecule has 3 aromatic carbocycles. The first kappa shape index (κ1) is 32.9. The molecule has 0 aliphatic carbocycles. The Morgan fingerprint density at radius 1 is 0.976 bits per heavy atom. The minimum atomic E-state index is -4.21. The van der Waals surface area contributed by atoms with Gasteiger partial charge in [0.15, 0.2) is 0 Å². The average Bonchev–Trinajstić information content (AvgIpc) is 2.96. The van der Waals surface area contributed by atoms with Crippen LogP contribution in [0.15, 0.2) is 71.6 Å². The number of sulfonamides is 1. The Morgan fingerprint density at radius 3 is 2.21 bits per heavy atom. The van der Waals surface area contributed by atoms with Gasteiger partial charge in [0.25, 0.3) is 10.0 Å². The van der Waals surface area contributed by atoms with Crippen LogP contribution in [0.4, 0.5) is 5.69 Å². The van der Waals surface area contributed by atoms with Crippen LogP contribution in [0.3, 0.4) is 0 Å². The van der Waals surface area contributed by atoms with Crippen LogP contribution in [0.25, 0.3) is 0 Å². The Hall–Kier alpha value is -3.56. The molecule has 0 spiro atoms. The Balaban J connectivity index is 2.11. The molecule has 0 aliphatic rings. The van der Waals surface area contributed by atoms with Crippen LogP contribution < -0.4 is 14.4 Å². The summed E-state index contributed by atoms with van der Waals surface area (Å²) in [5, 5.41) is 3.18. The van der Waals surface area contributed by atoms with Gasteiger partial charge in [-0.15, -0.1) is 0 Å². The molecule has 0 bridgehead atoms. The van der Waals surface area contributed by atoms with Crippen molar-refractivity contribution in [2.24, 2.45) is 0 Å². The van der Waals surface area contributed by atoms with E-state index in [0.29, 0.717) is 12.2 Å². The fourth-order valence-electron chi connectivity index (χ4n) is 4.51. The van der Waals surface area contributed by atoms with E-state index in [1.54, 1.807) is 24.3 Å². The standard InChI is InChI=1S/C32H40ClN3O5S/c1-7-24(5)34-32(38)29(8-2)35(20-25-12-10-9-11-23(25)4)31(37)21-36(26-15-18-30(41-6)28(33)19-26)42(39,40)27-16-13-22(3)14-17-27/h9-19,24,29H,7-8,20-21H2,1-6H3,(H,34,38). The number of carbonyl (C=O) groups excluding carboxylic acids is 2. The van der Waals surface area contributed by atoms with Crippen molar-refractivity contribution in [1.29, 1.82) is 0 Å². The van der Waals surface area contributed by atoms with E-state index in [0.717, 1.165) is 27.4 Å². The van der Waals surface area contributed by atoms with Gasteiger partial charge in [-0.05, 0) is 75.1 Å².